The summed E-state index contributed by atoms with van der Waals surface area (Å²) in [6.45, 7) is 6.31. The molecule has 10 heteroatoms. The van der Waals surface area contributed by atoms with E-state index in [9.17, 15) is 9.59 Å². The minimum Gasteiger partial charge on any atom is -0.493 e. The number of nitrogens with zero attached hydrogens (tertiary/aromatic N) is 5. The average molecular weight is 508 g/mol. The first-order valence-corrected chi connectivity index (χ1v) is 12.3. The van der Waals surface area contributed by atoms with E-state index in [-0.39, 0.29) is 30.8 Å². The summed E-state index contributed by atoms with van der Waals surface area (Å²) < 4.78 is 16.1. The highest BCUT2D eigenvalue weighted by Gasteiger charge is 2.27. The predicted molar refractivity (Wildman–Crippen MR) is 138 cm³/mol. The number of hydrogen-bond donors (Lipinski definition) is 0. The van der Waals surface area contributed by atoms with Crippen molar-refractivity contribution in [1.29, 1.82) is 0 Å². The molecule has 0 aliphatic carbocycles. The van der Waals surface area contributed by atoms with Crippen molar-refractivity contribution in [3.63, 3.8) is 0 Å². The quantitative estimate of drug-likeness (QED) is 0.436. The Labute approximate surface area is 216 Å². The van der Waals surface area contributed by atoms with Crippen LogP contribution in [-0.4, -0.2) is 78.8 Å². The Balaban J connectivity index is 1.35. The van der Waals surface area contributed by atoms with Gasteiger partial charge in [-0.2, -0.15) is 0 Å². The van der Waals surface area contributed by atoms with Crippen LogP contribution in [0.15, 0.2) is 53.1 Å². The largest absolute Gasteiger partial charge is 0.493 e. The van der Waals surface area contributed by atoms with Gasteiger partial charge in [0.05, 0.1) is 32.7 Å². The van der Waals surface area contributed by atoms with Crippen LogP contribution in [-0.2, 0) is 16.1 Å². The lowest BCUT2D eigenvalue weighted by atomic mass is 10.1. The van der Waals surface area contributed by atoms with Gasteiger partial charge >= 0.3 is 0 Å². The summed E-state index contributed by atoms with van der Waals surface area (Å²) in [6.07, 6.45) is 1.57. The molecule has 0 unspecified atom stereocenters. The maximum atomic E-state index is 13.0. The van der Waals surface area contributed by atoms with Crippen molar-refractivity contribution in [1.82, 2.24) is 20.0 Å². The molecule has 0 bridgehead atoms. The van der Waals surface area contributed by atoms with Crippen LogP contribution in [0.1, 0.15) is 19.6 Å². The van der Waals surface area contributed by atoms with Crippen LogP contribution in [0, 0.1) is 5.92 Å². The Morgan fingerprint density at radius 1 is 1.00 bits per heavy atom. The van der Waals surface area contributed by atoms with E-state index in [2.05, 4.69) is 15.1 Å². The van der Waals surface area contributed by atoms with Gasteiger partial charge in [0.25, 0.3) is 0 Å². The molecule has 10 nitrogen and oxygen atoms in total. The molecule has 196 valence electrons. The van der Waals surface area contributed by atoms with Gasteiger partial charge in [-0.1, -0.05) is 13.8 Å². The SMILES string of the molecule is COc1ccc(-c2ccc(N3CCN(C(=O)CN(Cc4ccco4)C(=O)C(C)C)CC3)nn2)cc1OC. The van der Waals surface area contributed by atoms with Crippen molar-refractivity contribution < 1.29 is 23.5 Å². The molecule has 2 amide bonds. The number of furan rings is 1. The summed E-state index contributed by atoms with van der Waals surface area (Å²) >= 11 is 0. The smallest absolute Gasteiger partial charge is 0.242 e. The van der Waals surface area contributed by atoms with Gasteiger partial charge in [-0.05, 0) is 42.5 Å². The minimum atomic E-state index is -0.208. The van der Waals surface area contributed by atoms with Gasteiger partial charge in [0.1, 0.15) is 12.3 Å². The van der Waals surface area contributed by atoms with Gasteiger partial charge in [0.2, 0.25) is 11.8 Å². The molecule has 0 radical (unpaired) electrons. The van der Waals surface area contributed by atoms with Gasteiger partial charge in [-0.3, -0.25) is 9.59 Å². The number of methoxy groups -OCH3 is 2. The van der Waals surface area contributed by atoms with Crippen LogP contribution >= 0.6 is 0 Å². The van der Waals surface area contributed by atoms with E-state index < -0.39 is 0 Å². The molecule has 0 atom stereocenters. The highest BCUT2D eigenvalue weighted by Crippen LogP contribution is 2.31. The summed E-state index contributed by atoms with van der Waals surface area (Å²) in [4.78, 5) is 31.2. The molecule has 1 aromatic carbocycles. The Bertz CT molecular complexity index is 1190. The number of amides is 2. The predicted octanol–water partition coefficient (Wildman–Crippen LogP) is 3.09. The number of carbonyl (C=O) groups excluding carboxylic acids is 2. The van der Waals surface area contributed by atoms with Gasteiger partial charge in [-0.15, -0.1) is 10.2 Å². The zero-order valence-electron chi connectivity index (χ0n) is 21.7. The molecule has 1 aliphatic heterocycles. The Morgan fingerprint density at radius 3 is 2.35 bits per heavy atom. The van der Waals surface area contributed by atoms with Crippen LogP contribution in [0.2, 0.25) is 0 Å². The fourth-order valence-corrected chi connectivity index (χ4v) is 4.26. The fraction of sp³-hybridized carbons (Fsp3) is 0.407. The molecule has 2 aromatic heterocycles. The number of carbonyl (C=O) groups is 2. The van der Waals surface area contributed by atoms with Crippen LogP contribution in [0.5, 0.6) is 11.5 Å². The lowest BCUT2D eigenvalue weighted by Crippen LogP contribution is -2.52. The zero-order chi connectivity index (χ0) is 26.4. The third-order valence-corrected chi connectivity index (χ3v) is 6.34. The van der Waals surface area contributed by atoms with Crippen LogP contribution in [0.4, 0.5) is 5.82 Å². The van der Waals surface area contributed by atoms with E-state index in [0.717, 1.165) is 17.1 Å². The second-order valence-electron chi connectivity index (χ2n) is 9.14. The van der Waals surface area contributed by atoms with E-state index >= 15 is 0 Å². The van der Waals surface area contributed by atoms with Gasteiger partial charge < -0.3 is 28.6 Å². The number of anilines is 1. The summed E-state index contributed by atoms with van der Waals surface area (Å²) in [7, 11) is 3.20. The summed E-state index contributed by atoms with van der Waals surface area (Å²) in [5.74, 6) is 2.33. The minimum absolute atomic E-state index is 0.0253. The molecule has 1 fully saturated rings. The third kappa shape index (κ3) is 6.19. The van der Waals surface area contributed by atoms with Crippen molar-refractivity contribution in [3.05, 3.63) is 54.5 Å². The molecule has 1 aliphatic rings. The molecule has 0 saturated carbocycles. The lowest BCUT2D eigenvalue weighted by Gasteiger charge is -2.36. The van der Waals surface area contributed by atoms with Gasteiger partial charge in [-0.25, -0.2) is 0 Å². The van der Waals surface area contributed by atoms with E-state index in [1.54, 1.807) is 42.4 Å². The molecule has 37 heavy (non-hydrogen) atoms. The Morgan fingerprint density at radius 2 is 1.76 bits per heavy atom. The maximum Gasteiger partial charge on any atom is 0.242 e. The maximum absolute atomic E-state index is 13.0. The highest BCUT2D eigenvalue weighted by atomic mass is 16.5. The lowest BCUT2D eigenvalue weighted by molar-refractivity contribution is -0.143. The average Bonchev–Trinajstić information content (AvgIpc) is 3.45. The monoisotopic (exact) mass is 507 g/mol. The number of ether oxygens (including phenoxy) is 2. The first-order valence-electron chi connectivity index (χ1n) is 12.3. The topological polar surface area (TPSA) is 101 Å². The standard InChI is InChI=1S/C27H33N5O5/c1-19(2)27(34)32(17-21-6-5-15-37-21)18-26(33)31-13-11-30(12-14-31)25-10-8-22(28-29-25)20-7-9-23(35-3)24(16-20)36-4/h5-10,15-16,19H,11-14,17-18H2,1-4H3. The molecule has 1 saturated heterocycles. The van der Waals surface area contributed by atoms with Gasteiger partial charge in [0.15, 0.2) is 17.3 Å². The van der Waals surface area contributed by atoms with Crippen molar-refractivity contribution in [2.24, 2.45) is 5.92 Å². The first-order chi connectivity index (χ1) is 17.9. The summed E-state index contributed by atoms with van der Waals surface area (Å²) in [5.41, 5.74) is 1.60. The fourth-order valence-electron chi connectivity index (χ4n) is 4.26. The highest BCUT2D eigenvalue weighted by molar-refractivity contribution is 5.85. The molecular formula is C27H33N5O5. The molecule has 0 N–H and O–H groups in total. The van der Waals surface area contributed by atoms with E-state index in [4.69, 9.17) is 13.9 Å². The van der Waals surface area contributed by atoms with Crippen molar-refractivity contribution in [2.45, 2.75) is 20.4 Å². The van der Waals surface area contributed by atoms with Crippen LogP contribution < -0.4 is 14.4 Å². The summed E-state index contributed by atoms with van der Waals surface area (Å²) in [5, 5.41) is 8.81. The zero-order valence-corrected chi connectivity index (χ0v) is 21.7. The summed E-state index contributed by atoms with van der Waals surface area (Å²) in [6, 6.07) is 13.1. The number of piperazine rings is 1. The van der Waals surface area contributed by atoms with Crippen molar-refractivity contribution in [3.8, 4) is 22.8 Å². The second-order valence-corrected chi connectivity index (χ2v) is 9.14. The molecule has 4 rings (SSSR count). The molecule has 0 spiro atoms. The van der Waals surface area contributed by atoms with Crippen molar-refractivity contribution in [2.75, 3.05) is 51.8 Å². The normalized spacial score (nSPS) is 13.5. The number of benzene rings is 1. The van der Waals surface area contributed by atoms with Crippen LogP contribution in [0.3, 0.4) is 0 Å². The van der Waals surface area contributed by atoms with E-state index in [0.29, 0.717) is 43.4 Å². The van der Waals surface area contributed by atoms with E-state index in [1.807, 2.05) is 44.2 Å². The molecule has 3 heterocycles. The van der Waals surface area contributed by atoms with Gasteiger partial charge in [0, 0.05) is 37.7 Å². The van der Waals surface area contributed by atoms with E-state index in [1.165, 1.54) is 0 Å². The Kier molecular flexibility index (Phi) is 8.27. The Hall–Kier alpha value is -4.08. The first kappa shape index (κ1) is 26.0. The van der Waals surface area contributed by atoms with Crippen LogP contribution in [0.25, 0.3) is 11.3 Å². The number of rotatable bonds is 9. The molecular weight excluding hydrogens is 474 g/mol. The number of aromatic nitrogens is 2. The molecule has 3 aromatic rings. The second kappa shape index (κ2) is 11.8. The number of hydrogen-bond acceptors (Lipinski definition) is 8. The van der Waals surface area contributed by atoms with Crippen molar-refractivity contribution >= 4 is 17.6 Å². The third-order valence-electron chi connectivity index (χ3n) is 6.34.